The molecule has 0 amide bonds. The largest absolute Gasteiger partial charge is 0.478 e. The minimum Gasteiger partial charge on any atom is -0.478 e. The van der Waals surface area contributed by atoms with Crippen LogP contribution in [0.4, 0.5) is 5.69 Å². The molecule has 104 valence electrons. The van der Waals surface area contributed by atoms with Crippen molar-refractivity contribution < 1.29 is 19.8 Å². The molecule has 6 nitrogen and oxygen atoms in total. The van der Waals surface area contributed by atoms with E-state index in [1.54, 1.807) is 6.20 Å². The molecule has 1 heterocycles. The molecule has 1 aromatic carbocycles. The monoisotopic (exact) mass is 312 g/mol. The SMILES string of the molecule is O=C(O)c1ccc(NCc2cnc(Cl)s2)cc1C(=O)O. The number of carboxylic acids is 2. The van der Waals surface area contributed by atoms with Crippen molar-refractivity contribution in [2.45, 2.75) is 6.54 Å². The number of benzene rings is 1. The van der Waals surface area contributed by atoms with E-state index in [0.29, 0.717) is 16.7 Å². The zero-order valence-corrected chi connectivity index (χ0v) is 11.5. The van der Waals surface area contributed by atoms with Gasteiger partial charge in [0, 0.05) is 16.8 Å². The molecule has 0 saturated heterocycles. The molecule has 2 rings (SSSR count). The van der Waals surface area contributed by atoms with Gasteiger partial charge in [-0.3, -0.25) is 0 Å². The van der Waals surface area contributed by atoms with E-state index < -0.39 is 11.9 Å². The summed E-state index contributed by atoms with van der Waals surface area (Å²) in [4.78, 5) is 26.7. The van der Waals surface area contributed by atoms with E-state index in [9.17, 15) is 9.59 Å². The van der Waals surface area contributed by atoms with Gasteiger partial charge in [0.25, 0.3) is 0 Å². The van der Waals surface area contributed by atoms with Crippen LogP contribution in [0.5, 0.6) is 0 Å². The maximum atomic E-state index is 11.0. The second-order valence-corrected chi connectivity index (χ2v) is 5.50. The number of rotatable bonds is 5. The Labute approximate surface area is 122 Å². The van der Waals surface area contributed by atoms with E-state index in [2.05, 4.69) is 10.3 Å². The first-order valence-electron chi connectivity index (χ1n) is 5.42. The lowest BCUT2D eigenvalue weighted by Crippen LogP contribution is -2.09. The van der Waals surface area contributed by atoms with Crippen molar-refractivity contribution in [2.24, 2.45) is 0 Å². The molecule has 0 aliphatic carbocycles. The molecule has 0 spiro atoms. The zero-order chi connectivity index (χ0) is 14.7. The standard InChI is InChI=1S/C12H9ClN2O4S/c13-12-15-5-7(20-12)4-14-6-1-2-8(10(16)17)9(3-6)11(18)19/h1-3,5,14H,4H2,(H,16,17)(H,18,19). The summed E-state index contributed by atoms with van der Waals surface area (Å²) in [6, 6.07) is 4.06. The average molecular weight is 313 g/mol. The van der Waals surface area contributed by atoms with Gasteiger partial charge in [0.1, 0.15) is 0 Å². The van der Waals surface area contributed by atoms with Crippen LogP contribution in [0.1, 0.15) is 25.6 Å². The third-order valence-electron chi connectivity index (χ3n) is 2.47. The summed E-state index contributed by atoms with van der Waals surface area (Å²) in [7, 11) is 0. The zero-order valence-electron chi connectivity index (χ0n) is 9.96. The Morgan fingerprint density at radius 3 is 2.50 bits per heavy atom. The van der Waals surface area contributed by atoms with E-state index >= 15 is 0 Å². The topological polar surface area (TPSA) is 99.5 Å². The summed E-state index contributed by atoms with van der Waals surface area (Å²) in [5.74, 6) is -2.56. The highest BCUT2D eigenvalue weighted by Gasteiger charge is 2.16. The lowest BCUT2D eigenvalue weighted by atomic mass is 10.1. The number of carboxylic acid groups (broad SMARTS) is 2. The molecule has 0 bridgehead atoms. The molecule has 0 aliphatic heterocycles. The van der Waals surface area contributed by atoms with Crippen LogP contribution in [0.2, 0.25) is 4.47 Å². The Morgan fingerprint density at radius 1 is 1.25 bits per heavy atom. The van der Waals surface area contributed by atoms with Crippen LogP contribution in [0, 0.1) is 0 Å². The van der Waals surface area contributed by atoms with Crippen molar-refractivity contribution in [2.75, 3.05) is 5.32 Å². The number of nitrogens with one attached hydrogen (secondary N) is 1. The Hall–Kier alpha value is -2.12. The lowest BCUT2D eigenvalue weighted by Gasteiger charge is -2.07. The normalized spacial score (nSPS) is 10.2. The van der Waals surface area contributed by atoms with Crippen LogP contribution in [0.3, 0.4) is 0 Å². The maximum Gasteiger partial charge on any atom is 0.336 e. The van der Waals surface area contributed by atoms with Crippen molar-refractivity contribution >= 4 is 40.6 Å². The molecule has 0 fully saturated rings. The molecule has 20 heavy (non-hydrogen) atoms. The van der Waals surface area contributed by atoms with Gasteiger partial charge < -0.3 is 15.5 Å². The molecule has 2 aromatic rings. The number of anilines is 1. The number of hydrogen-bond donors (Lipinski definition) is 3. The van der Waals surface area contributed by atoms with Gasteiger partial charge in [-0.25, -0.2) is 14.6 Å². The number of nitrogens with zero attached hydrogens (tertiary/aromatic N) is 1. The lowest BCUT2D eigenvalue weighted by molar-refractivity contribution is 0.0651. The predicted octanol–water partition coefficient (Wildman–Crippen LogP) is 2.81. The first kappa shape index (κ1) is 14.3. The number of hydrogen-bond acceptors (Lipinski definition) is 5. The summed E-state index contributed by atoms with van der Waals surface area (Å²) in [5.41, 5.74) is 0.00523. The van der Waals surface area contributed by atoms with Crippen LogP contribution in [-0.2, 0) is 6.54 Å². The molecule has 0 radical (unpaired) electrons. The van der Waals surface area contributed by atoms with Gasteiger partial charge in [-0.1, -0.05) is 11.6 Å². The van der Waals surface area contributed by atoms with Crippen LogP contribution in [-0.4, -0.2) is 27.1 Å². The van der Waals surface area contributed by atoms with Crippen LogP contribution < -0.4 is 5.32 Å². The van der Waals surface area contributed by atoms with Crippen LogP contribution in [0.15, 0.2) is 24.4 Å². The third kappa shape index (κ3) is 3.25. The van der Waals surface area contributed by atoms with Gasteiger partial charge in [0.15, 0.2) is 4.47 Å². The van der Waals surface area contributed by atoms with E-state index in [1.807, 2.05) is 0 Å². The van der Waals surface area contributed by atoms with Crippen molar-refractivity contribution in [1.82, 2.24) is 4.98 Å². The highest BCUT2D eigenvalue weighted by atomic mass is 35.5. The molecular weight excluding hydrogens is 304 g/mol. The summed E-state index contributed by atoms with van der Waals surface area (Å²) >= 11 is 7.01. The van der Waals surface area contributed by atoms with Crippen molar-refractivity contribution in [3.05, 3.63) is 44.9 Å². The second-order valence-electron chi connectivity index (χ2n) is 3.80. The van der Waals surface area contributed by atoms with E-state index in [4.69, 9.17) is 21.8 Å². The van der Waals surface area contributed by atoms with E-state index in [-0.39, 0.29) is 11.1 Å². The molecule has 8 heteroatoms. The number of aromatic nitrogens is 1. The molecule has 3 N–H and O–H groups in total. The number of carbonyl (C=O) groups is 2. The van der Waals surface area contributed by atoms with Crippen molar-refractivity contribution in [1.29, 1.82) is 0 Å². The number of thiazole rings is 1. The fourth-order valence-corrected chi connectivity index (χ4v) is 2.49. The highest BCUT2D eigenvalue weighted by molar-refractivity contribution is 7.15. The van der Waals surface area contributed by atoms with E-state index in [1.165, 1.54) is 29.5 Å². The van der Waals surface area contributed by atoms with Gasteiger partial charge in [-0.15, -0.1) is 11.3 Å². The summed E-state index contributed by atoms with van der Waals surface area (Å²) in [5, 5.41) is 20.9. The second kappa shape index (κ2) is 5.89. The summed E-state index contributed by atoms with van der Waals surface area (Å²) in [6.45, 7) is 0.426. The van der Waals surface area contributed by atoms with Gasteiger partial charge in [-0.05, 0) is 18.2 Å². The smallest absolute Gasteiger partial charge is 0.336 e. The number of halogens is 1. The Morgan fingerprint density at radius 2 is 1.95 bits per heavy atom. The molecule has 1 aromatic heterocycles. The molecular formula is C12H9ClN2O4S. The Kier molecular flexibility index (Phi) is 4.21. The Bertz CT molecular complexity index is 671. The predicted molar refractivity (Wildman–Crippen MR) is 74.8 cm³/mol. The fraction of sp³-hybridized carbons (Fsp3) is 0.0833. The minimum absolute atomic E-state index is 0.246. The highest BCUT2D eigenvalue weighted by Crippen LogP contribution is 2.21. The van der Waals surface area contributed by atoms with Gasteiger partial charge in [0.2, 0.25) is 0 Å². The minimum atomic E-state index is -1.29. The fourth-order valence-electron chi connectivity index (χ4n) is 1.57. The Balaban J connectivity index is 2.18. The van der Waals surface area contributed by atoms with Gasteiger partial charge in [0.05, 0.1) is 17.7 Å². The average Bonchev–Trinajstić information content (AvgIpc) is 2.81. The summed E-state index contributed by atoms with van der Waals surface area (Å²) < 4.78 is 0.425. The molecule has 0 atom stereocenters. The molecule has 0 unspecified atom stereocenters. The van der Waals surface area contributed by atoms with E-state index in [0.717, 1.165) is 4.88 Å². The van der Waals surface area contributed by atoms with Crippen LogP contribution in [0.25, 0.3) is 0 Å². The molecule has 0 saturated carbocycles. The first-order chi connectivity index (χ1) is 9.47. The number of aromatic carboxylic acids is 2. The first-order valence-corrected chi connectivity index (χ1v) is 6.61. The van der Waals surface area contributed by atoms with Gasteiger partial charge >= 0.3 is 11.9 Å². The van der Waals surface area contributed by atoms with Crippen molar-refractivity contribution in [3.63, 3.8) is 0 Å². The summed E-state index contributed by atoms with van der Waals surface area (Å²) in [6.07, 6.45) is 1.61. The van der Waals surface area contributed by atoms with Crippen molar-refractivity contribution in [3.8, 4) is 0 Å². The molecule has 0 aliphatic rings. The van der Waals surface area contributed by atoms with Gasteiger partial charge in [-0.2, -0.15) is 0 Å². The van der Waals surface area contributed by atoms with Crippen LogP contribution >= 0.6 is 22.9 Å². The quantitative estimate of drug-likeness (QED) is 0.785. The third-order valence-corrected chi connectivity index (χ3v) is 3.59. The maximum absolute atomic E-state index is 11.0.